The van der Waals surface area contributed by atoms with Gasteiger partial charge in [0, 0.05) is 12.1 Å². The molecule has 2 heterocycles. The number of fused-ring (bicyclic) bond motifs is 1. The number of nitrogens with one attached hydrogen (secondary N) is 2. The molecule has 4 rings (SSSR count). The van der Waals surface area contributed by atoms with Crippen molar-refractivity contribution in [1.29, 1.82) is 0 Å². The summed E-state index contributed by atoms with van der Waals surface area (Å²) < 4.78 is 0. The quantitative estimate of drug-likeness (QED) is 0.451. The summed E-state index contributed by atoms with van der Waals surface area (Å²) in [5.41, 5.74) is 5.39. The van der Waals surface area contributed by atoms with Crippen LogP contribution in [0.4, 0.5) is 10.6 Å². The van der Waals surface area contributed by atoms with E-state index >= 15 is 0 Å². The number of nitrogens with zero attached hydrogens (tertiary/aromatic N) is 3. The maximum Gasteiger partial charge on any atom is 0.320 e. The van der Waals surface area contributed by atoms with Crippen LogP contribution in [0.5, 0.6) is 5.75 Å². The average molecular weight is 413 g/mol. The fourth-order valence-electron chi connectivity index (χ4n) is 3.35. The van der Waals surface area contributed by atoms with Crippen LogP contribution in [0.15, 0.2) is 60.8 Å². The first-order valence-corrected chi connectivity index (χ1v) is 10.0. The zero-order chi connectivity index (χ0) is 21.8. The minimum atomic E-state index is -0.342. The van der Waals surface area contributed by atoms with Gasteiger partial charge in [0.15, 0.2) is 11.5 Å². The zero-order valence-electron chi connectivity index (χ0n) is 17.4. The van der Waals surface area contributed by atoms with Crippen molar-refractivity contribution in [2.45, 2.75) is 20.3 Å². The average Bonchev–Trinajstić information content (AvgIpc) is 2.77. The molecule has 0 saturated carbocycles. The number of rotatable bonds is 5. The molecule has 3 N–H and O–H groups in total. The molecular weight excluding hydrogens is 390 g/mol. The highest BCUT2D eigenvalue weighted by Gasteiger charge is 2.10. The summed E-state index contributed by atoms with van der Waals surface area (Å²) >= 11 is 0. The second-order valence-corrected chi connectivity index (χ2v) is 7.37. The van der Waals surface area contributed by atoms with Gasteiger partial charge in [0.1, 0.15) is 11.3 Å². The smallest absolute Gasteiger partial charge is 0.320 e. The summed E-state index contributed by atoms with van der Waals surface area (Å²) in [4.78, 5) is 25.6. The fourth-order valence-corrected chi connectivity index (χ4v) is 3.35. The molecule has 2 amide bonds. The summed E-state index contributed by atoms with van der Waals surface area (Å²) in [6.45, 7) is 4.22. The first kappa shape index (κ1) is 20.3. The van der Waals surface area contributed by atoms with Crippen LogP contribution in [0, 0.1) is 13.8 Å². The Morgan fingerprint density at radius 2 is 1.74 bits per heavy atom. The van der Waals surface area contributed by atoms with Gasteiger partial charge in [-0.25, -0.2) is 19.7 Å². The Balaban J connectivity index is 1.47. The predicted octanol–water partition coefficient (Wildman–Crippen LogP) is 4.38. The van der Waals surface area contributed by atoms with Crippen LogP contribution < -0.4 is 10.6 Å². The van der Waals surface area contributed by atoms with Gasteiger partial charge in [0.05, 0.1) is 11.9 Å². The number of carbonyl (C=O) groups excluding carboxylic acids is 1. The van der Waals surface area contributed by atoms with E-state index in [9.17, 15) is 9.90 Å². The van der Waals surface area contributed by atoms with Crippen molar-refractivity contribution in [3.63, 3.8) is 0 Å². The molecule has 0 spiro atoms. The number of aryl methyl sites for hydroxylation is 2. The number of phenolic OH excluding ortho intramolecular Hbond substituents is 1. The Kier molecular flexibility index (Phi) is 5.75. The number of phenols is 1. The number of aromatic nitrogens is 3. The SMILES string of the molecule is Cc1cc(-c2ccc3ncc(NC(=O)NCCc4ccccc4)nc3n2)cc(C)c1O. The molecule has 4 aromatic rings. The van der Waals surface area contributed by atoms with E-state index in [1.54, 1.807) is 0 Å². The van der Waals surface area contributed by atoms with Crippen molar-refractivity contribution >= 4 is 23.0 Å². The first-order chi connectivity index (χ1) is 15.0. The van der Waals surface area contributed by atoms with E-state index in [2.05, 4.69) is 25.6 Å². The van der Waals surface area contributed by atoms with Crippen molar-refractivity contribution in [3.05, 3.63) is 77.5 Å². The molecule has 156 valence electrons. The molecule has 0 aliphatic carbocycles. The van der Waals surface area contributed by atoms with Gasteiger partial charge in [-0.3, -0.25) is 5.32 Å². The van der Waals surface area contributed by atoms with Crippen molar-refractivity contribution in [1.82, 2.24) is 20.3 Å². The molecule has 31 heavy (non-hydrogen) atoms. The maximum absolute atomic E-state index is 12.2. The van der Waals surface area contributed by atoms with E-state index in [-0.39, 0.29) is 11.8 Å². The van der Waals surface area contributed by atoms with E-state index in [0.717, 1.165) is 34.4 Å². The van der Waals surface area contributed by atoms with E-state index in [0.29, 0.717) is 23.5 Å². The summed E-state index contributed by atoms with van der Waals surface area (Å²) in [5, 5.41) is 15.5. The minimum absolute atomic E-state index is 0.286. The van der Waals surface area contributed by atoms with Crippen molar-refractivity contribution in [2.75, 3.05) is 11.9 Å². The normalized spacial score (nSPS) is 10.8. The molecule has 0 unspecified atom stereocenters. The highest BCUT2D eigenvalue weighted by Crippen LogP contribution is 2.28. The molecule has 0 aliphatic rings. The van der Waals surface area contributed by atoms with Crippen LogP contribution in [-0.2, 0) is 6.42 Å². The lowest BCUT2D eigenvalue weighted by Crippen LogP contribution is -2.30. The fraction of sp³-hybridized carbons (Fsp3) is 0.167. The second-order valence-electron chi connectivity index (χ2n) is 7.37. The Bertz CT molecular complexity index is 1220. The van der Waals surface area contributed by atoms with Gasteiger partial charge in [-0.15, -0.1) is 0 Å². The van der Waals surface area contributed by atoms with Crippen LogP contribution >= 0.6 is 0 Å². The van der Waals surface area contributed by atoms with Crippen LogP contribution in [0.1, 0.15) is 16.7 Å². The molecule has 0 fully saturated rings. The standard InChI is InChI=1S/C24H23N5O2/c1-15-12-18(13-16(2)22(15)30)19-8-9-20-23(27-19)28-21(14-26-20)29-24(31)25-11-10-17-6-4-3-5-7-17/h3-9,12-14,30H,10-11H2,1-2H3,(H2,25,27,28,29,31). The van der Waals surface area contributed by atoms with Crippen LogP contribution in [0.3, 0.4) is 0 Å². The summed E-state index contributed by atoms with van der Waals surface area (Å²) in [6.07, 6.45) is 2.25. The topological polar surface area (TPSA) is 100 Å². The third kappa shape index (κ3) is 4.78. The number of hydrogen-bond donors (Lipinski definition) is 3. The minimum Gasteiger partial charge on any atom is -0.507 e. The molecule has 2 aromatic carbocycles. The molecule has 7 nitrogen and oxygen atoms in total. The number of aromatic hydroxyl groups is 1. The second kappa shape index (κ2) is 8.79. The lowest BCUT2D eigenvalue weighted by molar-refractivity contribution is 0.252. The molecule has 0 aliphatic heterocycles. The largest absolute Gasteiger partial charge is 0.507 e. The summed E-state index contributed by atoms with van der Waals surface area (Å²) in [7, 11) is 0. The summed E-state index contributed by atoms with van der Waals surface area (Å²) in [5.74, 6) is 0.613. The lowest BCUT2D eigenvalue weighted by atomic mass is 10.0. The van der Waals surface area contributed by atoms with Crippen LogP contribution in [0.25, 0.3) is 22.4 Å². The highest BCUT2D eigenvalue weighted by molar-refractivity contribution is 5.89. The van der Waals surface area contributed by atoms with E-state index in [1.807, 2.05) is 68.4 Å². The molecule has 2 aromatic heterocycles. The molecule has 0 radical (unpaired) electrons. The number of urea groups is 1. The predicted molar refractivity (Wildman–Crippen MR) is 121 cm³/mol. The Hall–Kier alpha value is -4.00. The maximum atomic E-state index is 12.2. The van der Waals surface area contributed by atoms with E-state index in [4.69, 9.17) is 0 Å². The van der Waals surface area contributed by atoms with Crippen molar-refractivity contribution in [3.8, 4) is 17.0 Å². The van der Waals surface area contributed by atoms with Crippen LogP contribution in [-0.4, -0.2) is 32.6 Å². The number of hydrogen-bond acceptors (Lipinski definition) is 5. The molecule has 0 saturated heterocycles. The lowest BCUT2D eigenvalue weighted by Gasteiger charge is -2.09. The molecule has 7 heteroatoms. The number of amides is 2. The van der Waals surface area contributed by atoms with E-state index in [1.165, 1.54) is 6.20 Å². The van der Waals surface area contributed by atoms with Gasteiger partial charge in [0.2, 0.25) is 0 Å². The van der Waals surface area contributed by atoms with Crippen LogP contribution in [0.2, 0.25) is 0 Å². The monoisotopic (exact) mass is 413 g/mol. The van der Waals surface area contributed by atoms with Gasteiger partial charge in [-0.05, 0) is 61.2 Å². The zero-order valence-corrected chi connectivity index (χ0v) is 17.4. The highest BCUT2D eigenvalue weighted by atomic mass is 16.3. The Morgan fingerprint density at radius 3 is 2.48 bits per heavy atom. The number of anilines is 1. The summed E-state index contributed by atoms with van der Waals surface area (Å²) in [6, 6.07) is 17.1. The van der Waals surface area contributed by atoms with Gasteiger partial charge < -0.3 is 10.4 Å². The van der Waals surface area contributed by atoms with Gasteiger partial charge in [-0.1, -0.05) is 30.3 Å². The number of carbonyl (C=O) groups is 1. The third-order valence-electron chi connectivity index (χ3n) is 4.98. The number of pyridine rings is 1. The Morgan fingerprint density at radius 1 is 1.00 bits per heavy atom. The molecule has 0 bridgehead atoms. The van der Waals surface area contributed by atoms with Crippen molar-refractivity contribution in [2.24, 2.45) is 0 Å². The molecule has 0 atom stereocenters. The van der Waals surface area contributed by atoms with Gasteiger partial charge in [0.25, 0.3) is 0 Å². The van der Waals surface area contributed by atoms with Crippen molar-refractivity contribution < 1.29 is 9.90 Å². The van der Waals surface area contributed by atoms with Gasteiger partial charge in [-0.2, -0.15) is 0 Å². The van der Waals surface area contributed by atoms with E-state index < -0.39 is 0 Å². The first-order valence-electron chi connectivity index (χ1n) is 10.0. The number of benzene rings is 2. The van der Waals surface area contributed by atoms with Gasteiger partial charge >= 0.3 is 6.03 Å². The molecular formula is C24H23N5O2. The Labute approximate surface area is 180 Å². The third-order valence-corrected chi connectivity index (χ3v) is 4.98.